The third kappa shape index (κ3) is 3.79. The highest BCUT2D eigenvalue weighted by atomic mass is 32.1. The average molecular weight is 251 g/mol. The van der Waals surface area contributed by atoms with Crippen molar-refractivity contribution in [3.8, 4) is 6.07 Å². The lowest BCUT2D eigenvalue weighted by molar-refractivity contribution is 0.493. The molecule has 3 nitrogen and oxygen atoms in total. The minimum atomic E-state index is -0.294. The highest BCUT2D eigenvalue weighted by molar-refractivity contribution is 7.09. The zero-order valence-electron chi connectivity index (χ0n) is 11.2. The zero-order chi connectivity index (χ0) is 13.1. The summed E-state index contributed by atoms with van der Waals surface area (Å²) in [7, 11) is 0. The number of aromatic nitrogens is 1. The molecule has 1 heterocycles. The van der Waals surface area contributed by atoms with Gasteiger partial charge in [-0.15, -0.1) is 11.3 Å². The zero-order valence-corrected chi connectivity index (χ0v) is 12.1. The van der Waals surface area contributed by atoms with Crippen molar-refractivity contribution in [2.75, 3.05) is 0 Å². The third-order valence-electron chi connectivity index (χ3n) is 2.65. The maximum atomic E-state index is 9.19. The summed E-state index contributed by atoms with van der Waals surface area (Å²) in [5, 5.41) is 15.5. The van der Waals surface area contributed by atoms with Gasteiger partial charge in [0.1, 0.15) is 6.04 Å². The van der Waals surface area contributed by atoms with Crippen LogP contribution >= 0.6 is 11.3 Å². The number of rotatable bonds is 4. The molecule has 1 rings (SSSR count). The molecule has 0 fully saturated rings. The fourth-order valence-corrected chi connectivity index (χ4v) is 2.29. The molecule has 0 aliphatic carbocycles. The Balaban J connectivity index is 2.84. The second-order valence-corrected chi connectivity index (χ2v) is 6.22. The molecule has 2 unspecified atom stereocenters. The first-order valence-electron chi connectivity index (χ1n) is 6.00. The van der Waals surface area contributed by atoms with E-state index in [0.717, 1.165) is 17.1 Å². The summed E-state index contributed by atoms with van der Waals surface area (Å²) >= 11 is 1.63. The molecule has 94 valence electrons. The van der Waals surface area contributed by atoms with Crippen molar-refractivity contribution in [3.63, 3.8) is 0 Å². The van der Waals surface area contributed by atoms with Crippen LogP contribution in [-0.2, 0) is 5.41 Å². The van der Waals surface area contributed by atoms with E-state index in [-0.39, 0.29) is 11.5 Å². The van der Waals surface area contributed by atoms with E-state index in [1.807, 2.05) is 5.38 Å². The van der Waals surface area contributed by atoms with Crippen molar-refractivity contribution in [1.82, 2.24) is 10.3 Å². The van der Waals surface area contributed by atoms with Crippen LogP contribution in [0.3, 0.4) is 0 Å². The van der Waals surface area contributed by atoms with Crippen molar-refractivity contribution in [2.45, 2.75) is 58.5 Å². The van der Waals surface area contributed by atoms with Gasteiger partial charge in [0, 0.05) is 16.8 Å². The van der Waals surface area contributed by atoms with E-state index in [9.17, 15) is 5.26 Å². The van der Waals surface area contributed by atoms with Gasteiger partial charge in [-0.25, -0.2) is 4.98 Å². The first-order valence-corrected chi connectivity index (χ1v) is 6.88. The largest absolute Gasteiger partial charge is 0.294 e. The van der Waals surface area contributed by atoms with E-state index < -0.39 is 0 Å². The first kappa shape index (κ1) is 14.1. The second kappa shape index (κ2) is 5.61. The lowest BCUT2D eigenvalue weighted by Gasteiger charge is -2.16. The highest BCUT2D eigenvalue weighted by Gasteiger charge is 2.21. The molecule has 2 atom stereocenters. The van der Waals surface area contributed by atoms with Gasteiger partial charge in [0.15, 0.2) is 0 Å². The molecule has 17 heavy (non-hydrogen) atoms. The van der Waals surface area contributed by atoms with Crippen LogP contribution in [0.4, 0.5) is 0 Å². The van der Waals surface area contributed by atoms with E-state index >= 15 is 0 Å². The van der Waals surface area contributed by atoms with Crippen LogP contribution in [0, 0.1) is 11.3 Å². The van der Waals surface area contributed by atoms with Gasteiger partial charge in [-0.05, 0) is 13.3 Å². The predicted octanol–water partition coefficient (Wildman–Crippen LogP) is 3.39. The van der Waals surface area contributed by atoms with Crippen molar-refractivity contribution < 1.29 is 0 Å². The molecule has 0 bridgehead atoms. The molecule has 0 aliphatic heterocycles. The predicted molar refractivity (Wildman–Crippen MR) is 72.1 cm³/mol. The van der Waals surface area contributed by atoms with Crippen molar-refractivity contribution in [2.24, 2.45) is 0 Å². The number of hydrogen-bond donors (Lipinski definition) is 1. The maximum absolute atomic E-state index is 9.19. The Morgan fingerprint density at radius 3 is 2.59 bits per heavy atom. The molecule has 0 saturated carbocycles. The van der Waals surface area contributed by atoms with Gasteiger partial charge < -0.3 is 0 Å². The quantitative estimate of drug-likeness (QED) is 0.892. The van der Waals surface area contributed by atoms with Crippen molar-refractivity contribution >= 4 is 11.3 Å². The van der Waals surface area contributed by atoms with Crippen LogP contribution in [0.15, 0.2) is 5.38 Å². The summed E-state index contributed by atoms with van der Waals surface area (Å²) in [6.45, 7) is 10.6. The Labute approximate surface area is 108 Å². The van der Waals surface area contributed by atoms with Crippen LogP contribution in [0.2, 0.25) is 0 Å². The van der Waals surface area contributed by atoms with E-state index in [1.165, 1.54) is 0 Å². The smallest absolute Gasteiger partial charge is 0.139 e. The Hall–Kier alpha value is -0.920. The van der Waals surface area contributed by atoms with E-state index in [1.54, 1.807) is 11.3 Å². The summed E-state index contributed by atoms with van der Waals surface area (Å²) in [5.74, 6) is 0. The van der Waals surface area contributed by atoms with E-state index in [4.69, 9.17) is 0 Å². The summed E-state index contributed by atoms with van der Waals surface area (Å²) in [6.07, 6.45) is 1.01. The normalized spacial score (nSPS) is 15.3. The molecular formula is C13H21N3S. The average Bonchev–Trinajstić information content (AvgIpc) is 2.74. The number of hydrogen-bond acceptors (Lipinski definition) is 4. The minimum absolute atomic E-state index is 0.0549. The molecule has 0 aromatic carbocycles. The monoisotopic (exact) mass is 251 g/mol. The van der Waals surface area contributed by atoms with Gasteiger partial charge in [0.2, 0.25) is 0 Å². The summed E-state index contributed by atoms with van der Waals surface area (Å²) in [5.41, 5.74) is 0.905. The fourth-order valence-electron chi connectivity index (χ4n) is 1.35. The fraction of sp³-hybridized carbons (Fsp3) is 0.692. The number of nitrogens with zero attached hydrogens (tertiary/aromatic N) is 2. The Kier molecular flexibility index (Phi) is 4.67. The number of nitriles is 1. The summed E-state index contributed by atoms with van der Waals surface area (Å²) in [4.78, 5) is 4.57. The summed E-state index contributed by atoms with van der Waals surface area (Å²) in [6, 6.07) is 2.32. The molecule has 0 radical (unpaired) electrons. The second-order valence-electron chi connectivity index (χ2n) is 5.37. The molecule has 0 spiro atoms. The Bertz CT molecular complexity index is 398. The van der Waals surface area contributed by atoms with E-state index in [0.29, 0.717) is 6.04 Å². The van der Waals surface area contributed by atoms with Gasteiger partial charge in [-0.1, -0.05) is 27.7 Å². The lowest BCUT2D eigenvalue weighted by atomic mass is 9.98. The standard InChI is InChI=1S/C13H21N3S/c1-6-9(2)15-10(7-14)11-8-17-12(16-11)13(3,4)5/h8-10,15H,6H2,1-5H3. The number of nitrogens with one attached hydrogen (secondary N) is 1. The molecule has 4 heteroatoms. The van der Waals surface area contributed by atoms with Gasteiger partial charge in [-0.3, -0.25) is 5.32 Å². The molecule has 1 N–H and O–H groups in total. The van der Waals surface area contributed by atoms with Gasteiger partial charge in [-0.2, -0.15) is 5.26 Å². The molecule has 0 aliphatic rings. The van der Waals surface area contributed by atoms with Crippen LogP contribution in [0.1, 0.15) is 57.8 Å². The van der Waals surface area contributed by atoms with Crippen LogP contribution in [0.5, 0.6) is 0 Å². The highest BCUT2D eigenvalue weighted by Crippen LogP contribution is 2.27. The molecular weight excluding hydrogens is 230 g/mol. The van der Waals surface area contributed by atoms with Crippen molar-refractivity contribution in [3.05, 3.63) is 16.1 Å². The maximum Gasteiger partial charge on any atom is 0.139 e. The topological polar surface area (TPSA) is 48.7 Å². The molecule has 1 aromatic heterocycles. The molecule has 0 amide bonds. The van der Waals surface area contributed by atoms with Gasteiger partial charge in [0.05, 0.1) is 16.8 Å². The van der Waals surface area contributed by atoms with Crippen molar-refractivity contribution in [1.29, 1.82) is 5.26 Å². The summed E-state index contributed by atoms with van der Waals surface area (Å²) < 4.78 is 0. The molecule has 1 aromatic rings. The SMILES string of the molecule is CCC(C)NC(C#N)c1csc(C(C)(C)C)n1. The van der Waals surface area contributed by atoms with Gasteiger partial charge >= 0.3 is 0 Å². The number of thiazole rings is 1. The van der Waals surface area contributed by atoms with Crippen LogP contribution < -0.4 is 5.32 Å². The van der Waals surface area contributed by atoms with E-state index in [2.05, 4.69) is 51.0 Å². The van der Waals surface area contributed by atoms with Crippen LogP contribution in [-0.4, -0.2) is 11.0 Å². The minimum Gasteiger partial charge on any atom is -0.294 e. The lowest BCUT2D eigenvalue weighted by Crippen LogP contribution is -2.29. The third-order valence-corrected chi connectivity index (χ3v) is 3.94. The molecule has 0 saturated heterocycles. The Morgan fingerprint density at radius 1 is 1.53 bits per heavy atom. The first-order chi connectivity index (χ1) is 7.88. The Morgan fingerprint density at radius 2 is 2.18 bits per heavy atom. The van der Waals surface area contributed by atoms with Gasteiger partial charge in [0.25, 0.3) is 0 Å². The van der Waals surface area contributed by atoms with Crippen LogP contribution in [0.25, 0.3) is 0 Å².